The Labute approximate surface area is 121 Å². The fraction of sp³-hybridized carbons (Fsp3) is 0.235. The first kappa shape index (κ1) is 12.5. The Morgan fingerprint density at radius 1 is 1.14 bits per heavy atom. The third kappa shape index (κ3) is 1.94. The van der Waals surface area contributed by atoms with Crippen LogP contribution in [-0.4, -0.2) is 4.98 Å². The molecule has 1 aliphatic heterocycles. The second-order valence-electron chi connectivity index (χ2n) is 5.61. The van der Waals surface area contributed by atoms with E-state index in [1.54, 1.807) is 12.4 Å². The summed E-state index contributed by atoms with van der Waals surface area (Å²) in [6.07, 6.45) is 8.55. The molecule has 1 aromatic carbocycles. The lowest BCUT2D eigenvalue weighted by Gasteiger charge is -2.37. The van der Waals surface area contributed by atoms with Crippen molar-refractivity contribution in [3.63, 3.8) is 0 Å². The van der Waals surface area contributed by atoms with Crippen LogP contribution in [0.5, 0.6) is 0 Å². The molecule has 0 saturated heterocycles. The number of anilines is 1. The van der Waals surface area contributed by atoms with Gasteiger partial charge in [0.25, 0.3) is 0 Å². The number of aromatic nitrogens is 1. The molecule has 21 heavy (non-hydrogen) atoms. The van der Waals surface area contributed by atoms with Gasteiger partial charge in [0.2, 0.25) is 0 Å². The van der Waals surface area contributed by atoms with Crippen molar-refractivity contribution in [3.05, 3.63) is 71.6 Å². The molecule has 4 rings (SSSR count). The van der Waals surface area contributed by atoms with Gasteiger partial charge in [-0.1, -0.05) is 12.2 Å². The zero-order chi connectivity index (χ0) is 14.4. The molecular weight excluding hydrogens is 270 g/mol. The Bertz CT molecular complexity index is 712. The van der Waals surface area contributed by atoms with E-state index in [0.29, 0.717) is 5.69 Å². The van der Waals surface area contributed by atoms with Crippen molar-refractivity contribution < 1.29 is 8.78 Å². The number of nitrogens with one attached hydrogen (secondary N) is 1. The van der Waals surface area contributed by atoms with Gasteiger partial charge in [0.1, 0.15) is 11.6 Å². The minimum Gasteiger partial charge on any atom is -0.375 e. The standard InChI is InChI=1S/C17H14F2N2/c18-11-8-14-12-2-1-3-13(12)16(10-4-6-20-7-5-10)21-17(14)15(19)9-11/h1-2,4-9,12-13,16,21H,3H2/t12-,13-,16-/m0/s1. The Kier molecular flexibility index (Phi) is 2.77. The number of fused-ring (bicyclic) bond motifs is 3. The zero-order valence-electron chi connectivity index (χ0n) is 11.3. The van der Waals surface area contributed by atoms with Crippen LogP contribution in [0.1, 0.15) is 29.5 Å². The van der Waals surface area contributed by atoms with Crippen LogP contribution in [0.2, 0.25) is 0 Å². The molecule has 2 heterocycles. The topological polar surface area (TPSA) is 24.9 Å². The van der Waals surface area contributed by atoms with Gasteiger partial charge < -0.3 is 5.32 Å². The number of benzene rings is 1. The number of allylic oxidation sites excluding steroid dienone is 2. The number of rotatable bonds is 1. The van der Waals surface area contributed by atoms with Crippen molar-refractivity contribution in [3.8, 4) is 0 Å². The first-order chi connectivity index (χ1) is 10.2. The van der Waals surface area contributed by atoms with E-state index in [-0.39, 0.29) is 17.9 Å². The van der Waals surface area contributed by atoms with Gasteiger partial charge in [0.05, 0.1) is 11.7 Å². The third-order valence-electron chi connectivity index (χ3n) is 4.45. The van der Waals surface area contributed by atoms with Gasteiger partial charge in [-0.2, -0.15) is 0 Å². The molecule has 0 radical (unpaired) electrons. The normalized spacial score (nSPS) is 26.1. The lowest BCUT2D eigenvalue weighted by Crippen LogP contribution is -2.29. The Morgan fingerprint density at radius 3 is 2.76 bits per heavy atom. The minimum absolute atomic E-state index is 0.0143. The van der Waals surface area contributed by atoms with Gasteiger partial charge in [-0.05, 0) is 41.7 Å². The molecule has 2 aliphatic rings. The van der Waals surface area contributed by atoms with Crippen LogP contribution >= 0.6 is 0 Å². The summed E-state index contributed by atoms with van der Waals surface area (Å²) in [5.41, 5.74) is 2.22. The minimum atomic E-state index is -0.525. The lowest BCUT2D eigenvalue weighted by atomic mass is 9.77. The van der Waals surface area contributed by atoms with Crippen molar-refractivity contribution in [1.29, 1.82) is 0 Å². The molecule has 2 aromatic rings. The predicted octanol–water partition coefficient (Wildman–Crippen LogP) is 4.19. The number of pyridine rings is 1. The molecule has 1 N–H and O–H groups in total. The second-order valence-corrected chi connectivity index (χ2v) is 5.61. The van der Waals surface area contributed by atoms with Gasteiger partial charge in [0, 0.05) is 24.4 Å². The summed E-state index contributed by atoms with van der Waals surface area (Å²) in [6, 6.07) is 6.29. The summed E-state index contributed by atoms with van der Waals surface area (Å²) >= 11 is 0. The molecule has 0 fully saturated rings. The van der Waals surface area contributed by atoms with E-state index in [1.807, 2.05) is 12.1 Å². The number of hydrogen-bond donors (Lipinski definition) is 1. The van der Waals surface area contributed by atoms with E-state index in [9.17, 15) is 8.78 Å². The highest BCUT2D eigenvalue weighted by Gasteiger charge is 2.39. The highest BCUT2D eigenvalue weighted by Crippen LogP contribution is 2.50. The van der Waals surface area contributed by atoms with E-state index >= 15 is 0 Å². The van der Waals surface area contributed by atoms with E-state index < -0.39 is 11.6 Å². The molecule has 3 atom stereocenters. The van der Waals surface area contributed by atoms with Gasteiger partial charge >= 0.3 is 0 Å². The van der Waals surface area contributed by atoms with E-state index in [0.717, 1.165) is 23.6 Å². The van der Waals surface area contributed by atoms with Gasteiger partial charge in [-0.3, -0.25) is 4.98 Å². The predicted molar refractivity (Wildman–Crippen MR) is 76.9 cm³/mol. The highest BCUT2D eigenvalue weighted by atomic mass is 19.1. The fourth-order valence-electron chi connectivity index (χ4n) is 3.52. The maximum Gasteiger partial charge on any atom is 0.149 e. The summed E-state index contributed by atoms with van der Waals surface area (Å²) < 4.78 is 27.7. The van der Waals surface area contributed by atoms with Crippen molar-refractivity contribution in [2.75, 3.05) is 5.32 Å². The van der Waals surface area contributed by atoms with Gasteiger partial charge in [-0.15, -0.1) is 0 Å². The SMILES string of the molecule is Fc1cc(F)c2c(c1)[C@H]1C=CC[C@@H]1[C@H](c1ccncc1)N2. The molecule has 0 unspecified atom stereocenters. The molecular formula is C17H14F2N2. The van der Waals surface area contributed by atoms with Crippen LogP contribution in [0.4, 0.5) is 14.5 Å². The van der Waals surface area contributed by atoms with Gasteiger partial charge in [0.15, 0.2) is 0 Å². The summed E-state index contributed by atoms with van der Waals surface area (Å²) in [4.78, 5) is 4.03. The monoisotopic (exact) mass is 284 g/mol. The van der Waals surface area contributed by atoms with Crippen LogP contribution in [0, 0.1) is 17.6 Å². The molecule has 106 valence electrons. The zero-order valence-corrected chi connectivity index (χ0v) is 11.3. The van der Waals surface area contributed by atoms with Crippen molar-refractivity contribution in [2.24, 2.45) is 5.92 Å². The molecule has 2 nitrogen and oxygen atoms in total. The first-order valence-electron chi connectivity index (χ1n) is 7.06. The highest BCUT2D eigenvalue weighted by molar-refractivity contribution is 5.60. The summed E-state index contributed by atoms with van der Waals surface area (Å²) in [5.74, 6) is -0.706. The van der Waals surface area contributed by atoms with E-state index in [1.165, 1.54) is 6.07 Å². The average molecular weight is 284 g/mol. The number of halogens is 2. The van der Waals surface area contributed by atoms with Crippen LogP contribution in [0.15, 0.2) is 48.8 Å². The summed E-state index contributed by atoms with van der Waals surface area (Å²) in [5, 5.41) is 3.27. The Morgan fingerprint density at radius 2 is 1.95 bits per heavy atom. The van der Waals surface area contributed by atoms with Crippen molar-refractivity contribution >= 4 is 5.69 Å². The Balaban J connectivity index is 1.84. The first-order valence-corrected chi connectivity index (χ1v) is 7.06. The van der Waals surface area contributed by atoms with Crippen LogP contribution in [0.25, 0.3) is 0 Å². The largest absolute Gasteiger partial charge is 0.375 e. The van der Waals surface area contributed by atoms with Crippen molar-refractivity contribution in [2.45, 2.75) is 18.4 Å². The molecule has 4 heteroatoms. The maximum atomic E-state index is 14.1. The number of hydrogen-bond acceptors (Lipinski definition) is 2. The Hall–Kier alpha value is -2.23. The van der Waals surface area contributed by atoms with Gasteiger partial charge in [-0.25, -0.2) is 8.78 Å². The summed E-state index contributed by atoms with van der Waals surface area (Å²) in [7, 11) is 0. The molecule has 1 aliphatic carbocycles. The number of nitrogens with zero attached hydrogens (tertiary/aromatic N) is 1. The van der Waals surface area contributed by atoms with E-state index in [2.05, 4.69) is 22.5 Å². The quantitative estimate of drug-likeness (QED) is 0.794. The second kappa shape index (κ2) is 4.65. The smallest absolute Gasteiger partial charge is 0.149 e. The van der Waals surface area contributed by atoms with Crippen LogP contribution in [0.3, 0.4) is 0 Å². The maximum absolute atomic E-state index is 14.1. The molecule has 0 saturated carbocycles. The third-order valence-corrected chi connectivity index (χ3v) is 4.45. The summed E-state index contributed by atoms with van der Waals surface area (Å²) in [6.45, 7) is 0. The lowest BCUT2D eigenvalue weighted by molar-refractivity contribution is 0.418. The van der Waals surface area contributed by atoms with E-state index in [4.69, 9.17) is 0 Å². The fourth-order valence-corrected chi connectivity index (χ4v) is 3.52. The molecule has 0 spiro atoms. The van der Waals surface area contributed by atoms with Crippen LogP contribution < -0.4 is 5.32 Å². The molecule has 1 aromatic heterocycles. The van der Waals surface area contributed by atoms with Crippen LogP contribution in [-0.2, 0) is 0 Å². The molecule has 0 bridgehead atoms. The average Bonchev–Trinajstić information content (AvgIpc) is 2.97. The molecule has 0 amide bonds. The van der Waals surface area contributed by atoms with Crippen molar-refractivity contribution in [1.82, 2.24) is 4.98 Å².